The van der Waals surface area contributed by atoms with Crippen molar-refractivity contribution in [2.75, 3.05) is 12.8 Å². The van der Waals surface area contributed by atoms with E-state index in [1.807, 2.05) is 12.1 Å². The summed E-state index contributed by atoms with van der Waals surface area (Å²) in [5.41, 5.74) is 1.08. The molecule has 0 saturated carbocycles. The SMILES string of the molecule is CS(=O)(=O)c1cccc(C2CCCN2)c1. The standard InChI is InChI=1S/C11H15NO2S/c1-15(13,14)10-5-2-4-9(8-10)11-6-3-7-12-11/h2,4-5,8,11-12H,3,6-7H2,1H3. The molecular formula is C11H15NO2S. The molecule has 0 spiro atoms. The van der Waals surface area contributed by atoms with Gasteiger partial charge in [0, 0.05) is 12.3 Å². The first-order chi connectivity index (χ1) is 7.07. The lowest BCUT2D eigenvalue weighted by atomic mass is 10.1. The average molecular weight is 225 g/mol. The molecule has 0 amide bonds. The van der Waals surface area contributed by atoms with E-state index >= 15 is 0 Å². The topological polar surface area (TPSA) is 46.2 Å². The fourth-order valence-electron chi connectivity index (χ4n) is 1.93. The summed E-state index contributed by atoms with van der Waals surface area (Å²) in [4.78, 5) is 0.411. The maximum absolute atomic E-state index is 11.4. The molecular weight excluding hydrogens is 210 g/mol. The van der Waals surface area contributed by atoms with Crippen LogP contribution in [-0.2, 0) is 9.84 Å². The lowest BCUT2D eigenvalue weighted by molar-refractivity contribution is 0.600. The summed E-state index contributed by atoms with van der Waals surface area (Å²) in [6, 6.07) is 7.54. The molecule has 82 valence electrons. The van der Waals surface area contributed by atoms with E-state index in [1.165, 1.54) is 6.26 Å². The van der Waals surface area contributed by atoms with Gasteiger partial charge in [-0.05, 0) is 37.1 Å². The first-order valence-corrected chi connectivity index (χ1v) is 7.00. The molecule has 1 aliphatic rings. The third-order valence-electron chi connectivity index (χ3n) is 2.75. The van der Waals surface area contributed by atoms with Gasteiger partial charge in [0.1, 0.15) is 0 Å². The van der Waals surface area contributed by atoms with Gasteiger partial charge in [0.05, 0.1) is 4.90 Å². The van der Waals surface area contributed by atoms with Crippen LogP contribution in [0.2, 0.25) is 0 Å². The number of benzene rings is 1. The van der Waals surface area contributed by atoms with Gasteiger partial charge >= 0.3 is 0 Å². The monoisotopic (exact) mass is 225 g/mol. The summed E-state index contributed by atoms with van der Waals surface area (Å²) < 4.78 is 22.8. The van der Waals surface area contributed by atoms with Gasteiger partial charge in [-0.1, -0.05) is 12.1 Å². The molecule has 0 aromatic heterocycles. The number of rotatable bonds is 2. The Hall–Kier alpha value is -0.870. The normalized spacial score (nSPS) is 21.8. The minimum absolute atomic E-state index is 0.326. The van der Waals surface area contributed by atoms with Crippen LogP contribution in [0.15, 0.2) is 29.2 Å². The number of sulfone groups is 1. The molecule has 1 atom stereocenters. The Morgan fingerprint density at radius 3 is 2.80 bits per heavy atom. The second-order valence-electron chi connectivity index (χ2n) is 3.99. The average Bonchev–Trinajstić information content (AvgIpc) is 2.69. The first-order valence-electron chi connectivity index (χ1n) is 5.11. The van der Waals surface area contributed by atoms with Crippen LogP contribution in [0.25, 0.3) is 0 Å². The van der Waals surface area contributed by atoms with E-state index in [0.29, 0.717) is 10.9 Å². The maximum atomic E-state index is 11.4. The summed E-state index contributed by atoms with van der Waals surface area (Å²) in [7, 11) is -3.08. The van der Waals surface area contributed by atoms with Crippen molar-refractivity contribution >= 4 is 9.84 Å². The van der Waals surface area contributed by atoms with Crippen molar-refractivity contribution in [2.24, 2.45) is 0 Å². The number of nitrogens with one attached hydrogen (secondary N) is 1. The Kier molecular flexibility index (Phi) is 2.80. The van der Waals surface area contributed by atoms with Crippen LogP contribution in [0, 0.1) is 0 Å². The Balaban J connectivity index is 2.34. The summed E-state index contributed by atoms with van der Waals surface area (Å²) in [6.07, 6.45) is 3.50. The van der Waals surface area contributed by atoms with Crippen molar-refractivity contribution in [3.05, 3.63) is 29.8 Å². The highest BCUT2D eigenvalue weighted by Crippen LogP contribution is 2.24. The molecule has 1 N–H and O–H groups in total. The van der Waals surface area contributed by atoms with Crippen LogP contribution in [0.1, 0.15) is 24.4 Å². The highest BCUT2D eigenvalue weighted by molar-refractivity contribution is 7.90. The van der Waals surface area contributed by atoms with Gasteiger partial charge in [0.25, 0.3) is 0 Å². The van der Waals surface area contributed by atoms with Crippen molar-refractivity contribution in [3.8, 4) is 0 Å². The predicted octanol–water partition coefficient (Wildman–Crippen LogP) is 1.51. The van der Waals surface area contributed by atoms with Gasteiger partial charge < -0.3 is 5.32 Å². The molecule has 1 heterocycles. The highest BCUT2D eigenvalue weighted by Gasteiger charge is 2.17. The molecule has 2 rings (SSSR count). The molecule has 1 saturated heterocycles. The van der Waals surface area contributed by atoms with Crippen LogP contribution in [0.5, 0.6) is 0 Å². The molecule has 0 radical (unpaired) electrons. The molecule has 1 aliphatic heterocycles. The summed E-state index contributed by atoms with van der Waals surface area (Å²) in [6.45, 7) is 1.02. The number of hydrogen-bond donors (Lipinski definition) is 1. The van der Waals surface area contributed by atoms with E-state index in [-0.39, 0.29) is 0 Å². The fourth-order valence-corrected chi connectivity index (χ4v) is 2.61. The quantitative estimate of drug-likeness (QED) is 0.830. The zero-order valence-electron chi connectivity index (χ0n) is 8.73. The predicted molar refractivity (Wildman–Crippen MR) is 59.5 cm³/mol. The van der Waals surface area contributed by atoms with E-state index < -0.39 is 9.84 Å². The van der Waals surface area contributed by atoms with Crippen molar-refractivity contribution in [1.82, 2.24) is 5.32 Å². The van der Waals surface area contributed by atoms with Crippen LogP contribution in [0.4, 0.5) is 0 Å². The van der Waals surface area contributed by atoms with Gasteiger partial charge in [-0.25, -0.2) is 8.42 Å². The van der Waals surface area contributed by atoms with Crippen LogP contribution in [0.3, 0.4) is 0 Å². The Labute approximate surface area is 90.4 Å². The zero-order chi connectivity index (χ0) is 10.9. The van der Waals surface area contributed by atoms with Crippen molar-refractivity contribution in [3.63, 3.8) is 0 Å². The van der Waals surface area contributed by atoms with Gasteiger partial charge in [-0.2, -0.15) is 0 Å². The molecule has 15 heavy (non-hydrogen) atoms. The Bertz CT molecular complexity index is 447. The molecule has 0 bridgehead atoms. The van der Waals surface area contributed by atoms with E-state index in [9.17, 15) is 8.42 Å². The minimum Gasteiger partial charge on any atom is -0.310 e. The molecule has 1 fully saturated rings. The van der Waals surface area contributed by atoms with E-state index in [1.54, 1.807) is 12.1 Å². The second-order valence-corrected chi connectivity index (χ2v) is 6.01. The molecule has 4 heteroatoms. The van der Waals surface area contributed by atoms with E-state index in [0.717, 1.165) is 24.9 Å². The Morgan fingerprint density at radius 2 is 2.20 bits per heavy atom. The van der Waals surface area contributed by atoms with Crippen molar-refractivity contribution < 1.29 is 8.42 Å². The summed E-state index contributed by atoms with van der Waals surface area (Å²) in [5.74, 6) is 0. The third kappa shape index (κ3) is 2.38. The number of hydrogen-bond acceptors (Lipinski definition) is 3. The van der Waals surface area contributed by atoms with Gasteiger partial charge in [-0.15, -0.1) is 0 Å². The zero-order valence-corrected chi connectivity index (χ0v) is 9.55. The maximum Gasteiger partial charge on any atom is 0.175 e. The van der Waals surface area contributed by atoms with Crippen molar-refractivity contribution in [2.45, 2.75) is 23.8 Å². The van der Waals surface area contributed by atoms with Gasteiger partial charge in [-0.3, -0.25) is 0 Å². The highest BCUT2D eigenvalue weighted by atomic mass is 32.2. The molecule has 3 nitrogen and oxygen atoms in total. The van der Waals surface area contributed by atoms with Crippen LogP contribution < -0.4 is 5.32 Å². The molecule has 0 aliphatic carbocycles. The largest absolute Gasteiger partial charge is 0.310 e. The lowest BCUT2D eigenvalue weighted by Gasteiger charge is -2.11. The smallest absolute Gasteiger partial charge is 0.175 e. The molecule has 1 aromatic carbocycles. The summed E-state index contributed by atoms with van der Waals surface area (Å²) >= 11 is 0. The summed E-state index contributed by atoms with van der Waals surface area (Å²) in [5, 5.41) is 3.36. The second kappa shape index (κ2) is 3.94. The lowest BCUT2D eigenvalue weighted by Crippen LogP contribution is -2.13. The minimum atomic E-state index is -3.08. The fraction of sp³-hybridized carbons (Fsp3) is 0.455. The Morgan fingerprint density at radius 1 is 1.40 bits per heavy atom. The van der Waals surface area contributed by atoms with Crippen LogP contribution in [-0.4, -0.2) is 21.2 Å². The molecule has 1 unspecified atom stereocenters. The van der Waals surface area contributed by atoms with Gasteiger partial charge in [0.15, 0.2) is 9.84 Å². The van der Waals surface area contributed by atoms with Gasteiger partial charge in [0.2, 0.25) is 0 Å². The van der Waals surface area contributed by atoms with E-state index in [4.69, 9.17) is 0 Å². The van der Waals surface area contributed by atoms with E-state index in [2.05, 4.69) is 5.32 Å². The van der Waals surface area contributed by atoms with Crippen LogP contribution >= 0.6 is 0 Å². The third-order valence-corrected chi connectivity index (χ3v) is 3.86. The van der Waals surface area contributed by atoms with Crippen molar-refractivity contribution in [1.29, 1.82) is 0 Å². The molecule has 1 aromatic rings. The first kappa shape index (κ1) is 10.6.